The number of aromatic nitrogens is 3. The summed E-state index contributed by atoms with van der Waals surface area (Å²) in [5, 5.41) is 7.61. The van der Waals surface area contributed by atoms with Crippen LogP contribution in [-0.4, -0.2) is 29.0 Å². The van der Waals surface area contributed by atoms with Gasteiger partial charge >= 0.3 is 0 Å². The van der Waals surface area contributed by atoms with Crippen molar-refractivity contribution in [2.75, 3.05) is 14.2 Å². The molecule has 0 radical (unpaired) electrons. The Balaban J connectivity index is 2.05. The lowest BCUT2D eigenvalue weighted by Gasteiger charge is -2.16. The monoisotopic (exact) mass is 290 g/mol. The molecule has 0 aliphatic heterocycles. The smallest absolute Gasteiger partial charge is 0.161 e. The third kappa shape index (κ3) is 3.52. The van der Waals surface area contributed by atoms with Gasteiger partial charge in [0.25, 0.3) is 0 Å². The number of rotatable bonds is 7. The minimum atomic E-state index is 0.173. The minimum Gasteiger partial charge on any atom is -0.493 e. The van der Waals surface area contributed by atoms with Crippen molar-refractivity contribution >= 4 is 0 Å². The number of aryl methyl sites for hydroxylation is 1. The van der Waals surface area contributed by atoms with Crippen molar-refractivity contribution in [2.24, 2.45) is 0 Å². The van der Waals surface area contributed by atoms with E-state index in [1.807, 2.05) is 22.9 Å². The van der Waals surface area contributed by atoms with Crippen molar-refractivity contribution in [3.63, 3.8) is 0 Å². The van der Waals surface area contributed by atoms with Crippen LogP contribution in [0.1, 0.15) is 31.3 Å². The first-order valence-electron chi connectivity index (χ1n) is 7.01. The maximum atomic E-state index is 5.33. The number of ether oxygens (including phenoxy) is 2. The van der Waals surface area contributed by atoms with Gasteiger partial charge in [0.1, 0.15) is 12.2 Å². The van der Waals surface area contributed by atoms with Gasteiger partial charge in [-0.25, -0.2) is 9.67 Å². The van der Waals surface area contributed by atoms with E-state index in [1.165, 1.54) is 0 Å². The van der Waals surface area contributed by atoms with E-state index in [9.17, 15) is 0 Å². The average Bonchev–Trinajstić information content (AvgIpc) is 2.99. The molecule has 21 heavy (non-hydrogen) atoms. The van der Waals surface area contributed by atoms with Crippen LogP contribution in [0.5, 0.6) is 11.5 Å². The van der Waals surface area contributed by atoms with E-state index in [1.54, 1.807) is 20.5 Å². The van der Waals surface area contributed by atoms with Gasteiger partial charge in [-0.05, 0) is 31.5 Å². The molecule has 0 amide bonds. The van der Waals surface area contributed by atoms with Gasteiger partial charge < -0.3 is 14.8 Å². The molecule has 0 saturated heterocycles. The number of methoxy groups -OCH3 is 2. The Morgan fingerprint density at radius 3 is 2.67 bits per heavy atom. The number of nitrogens with one attached hydrogen (secondary N) is 1. The SMILES string of the molecule is CCn1ncnc1CNC(C)c1ccc(OC)c(OC)c1. The molecule has 0 saturated carbocycles. The summed E-state index contributed by atoms with van der Waals surface area (Å²) in [6, 6.07) is 6.11. The highest BCUT2D eigenvalue weighted by Gasteiger charge is 2.11. The fraction of sp³-hybridized carbons (Fsp3) is 0.467. The normalized spacial score (nSPS) is 12.2. The molecule has 1 unspecified atom stereocenters. The lowest BCUT2D eigenvalue weighted by atomic mass is 10.1. The zero-order valence-corrected chi connectivity index (χ0v) is 13.0. The van der Waals surface area contributed by atoms with E-state index in [0.29, 0.717) is 6.54 Å². The second-order valence-corrected chi connectivity index (χ2v) is 4.71. The van der Waals surface area contributed by atoms with Crippen molar-refractivity contribution in [3.8, 4) is 11.5 Å². The largest absolute Gasteiger partial charge is 0.493 e. The fourth-order valence-corrected chi connectivity index (χ4v) is 2.17. The van der Waals surface area contributed by atoms with Crippen LogP contribution >= 0.6 is 0 Å². The number of nitrogens with zero attached hydrogens (tertiary/aromatic N) is 3. The van der Waals surface area contributed by atoms with Crippen molar-refractivity contribution in [2.45, 2.75) is 33.0 Å². The van der Waals surface area contributed by atoms with Gasteiger partial charge in [0.15, 0.2) is 11.5 Å². The Hall–Kier alpha value is -2.08. The van der Waals surface area contributed by atoms with Gasteiger partial charge in [0.2, 0.25) is 0 Å². The highest BCUT2D eigenvalue weighted by atomic mass is 16.5. The van der Waals surface area contributed by atoms with Gasteiger partial charge in [-0.2, -0.15) is 5.10 Å². The van der Waals surface area contributed by atoms with Crippen molar-refractivity contribution in [1.29, 1.82) is 0 Å². The summed E-state index contributed by atoms with van der Waals surface area (Å²) in [5.74, 6) is 2.41. The molecular weight excluding hydrogens is 268 g/mol. The third-order valence-electron chi connectivity index (χ3n) is 3.47. The van der Waals surface area contributed by atoms with Crippen LogP contribution in [0, 0.1) is 0 Å². The summed E-state index contributed by atoms with van der Waals surface area (Å²) in [7, 11) is 3.28. The van der Waals surface area contributed by atoms with Gasteiger partial charge in [-0.1, -0.05) is 6.07 Å². The molecule has 6 nitrogen and oxygen atoms in total. The van der Waals surface area contributed by atoms with Crippen LogP contribution in [0.4, 0.5) is 0 Å². The first-order chi connectivity index (χ1) is 10.2. The van der Waals surface area contributed by atoms with Crippen LogP contribution in [0.2, 0.25) is 0 Å². The Morgan fingerprint density at radius 2 is 2.00 bits per heavy atom. The molecule has 6 heteroatoms. The van der Waals surface area contributed by atoms with Crippen LogP contribution in [0.3, 0.4) is 0 Å². The van der Waals surface area contributed by atoms with Gasteiger partial charge in [0.05, 0.1) is 20.8 Å². The van der Waals surface area contributed by atoms with E-state index < -0.39 is 0 Å². The Kier molecular flexibility index (Phi) is 5.16. The molecule has 0 aliphatic rings. The highest BCUT2D eigenvalue weighted by molar-refractivity contribution is 5.43. The van der Waals surface area contributed by atoms with Crippen LogP contribution in [0.25, 0.3) is 0 Å². The summed E-state index contributed by atoms with van der Waals surface area (Å²) in [6.45, 7) is 5.65. The first kappa shape index (κ1) is 15.3. The Bertz CT molecular complexity index is 583. The van der Waals surface area contributed by atoms with Gasteiger partial charge in [-0.3, -0.25) is 0 Å². The molecule has 0 aliphatic carbocycles. The number of benzene rings is 1. The number of hydrogen-bond donors (Lipinski definition) is 1. The van der Waals surface area contributed by atoms with Crippen molar-refractivity contribution in [3.05, 3.63) is 35.9 Å². The second kappa shape index (κ2) is 7.08. The maximum Gasteiger partial charge on any atom is 0.161 e. The quantitative estimate of drug-likeness (QED) is 0.846. The molecule has 2 aromatic rings. The van der Waals surface area contributed by atoms with E-state index in [2.05, 4.69) is 29.2 Å². The predicted molar refractivity (Wildman–Crippen MR) is 80.5 cm³/mol. The molecule has 0 bridgehead atoms. The van der Waals surface area contributed by atoms with Crippen LogP contribution < -0.4 is 14.8 Å². The second-order valence-electron chi connectivity index (χ2n) is 4.71. The van der Waals surface area contributed by atoms with Gasteiger partial charge in [-0.15, -0.1) is 0 Å². The Morgan fingerprint density at radius 1 is 1.24 bits per heavy atom. The topological polar surface area (TPSA) is 61.2 Å². The van der Waals surface area contributed by atoms with Crippen LogP contribution in [0.15, 0.2) is 24.5 Å². The molecule has 0 fully saturated rings. The maximum absolute atomic E-state index is 5.33. The average molecular weight is 290 g/mol. The van der Waals surface area contributed by atoms with Gasteiger partial charge in [0, 0.05) is 12.6 Å². The summed E-state index contributed by atoms with van der Waals surface area (Å²) in [5.41, 5.74) is 1.13. The zero-order chi connectivity index (χ0) is 15.2. The van der Waals surface area contributed by atoms with Crippen molar-refractivity contribution in [1.82, 2.24) is 20.1 Å². The summed E-state index contributed by atoms with van der Waals surface area (Å²) < 4.78 is 12.5. The predicted octanol–water partition coefficient (Wildman–Crippen LogP) is 2.17. The van der Waals surface area contributed by atoms with Crippen LogP contribution in [-0.2, 0) is 13.1 Å². The molecule has 1 N–H and O–H groups in total. The van der Waals surface area contributed by atoms with E-state index in [4.69, 9.17) is 9.47 Å². The van der Waals surface area contributed by atoms with E-state index in [0.717, 1.165) is 29.4 Å². The minimum absolute atomic E-state index is 0.173. The molecule has 1 aromatic heterocycles. The first-order valence-corrected chi connectivity index (χ1v) is 7.01. The van der Waals surface area contributed by atoms with Crippen molar-refractivity contribution < 1.29 is 9.47 Å². The zero-order valence-electron chi connectivity index (χ0n) is 13.0. The van der Waals surface area contributed by atoms with E-state index >= 15 is 0 Å². The summed E-state index contributed by atoms with van der Waals surface area (Å²) in [4.78, 5) is 4.26. The summed E-state index contributed by atoms with van der Waals surface area (Å²) in [6.07, 6.45) is 1.58. The molecule has 1 aromatic carbocycles. The summed E-state index contributed by atoms with van der Waals surface area (Å²) >= 11 is 0. The standard InChI is InChI=1S/C15H22N4O2/c1-5-19-15(17-10-18-19)9-16-11(2)12-6-7-13(20-3)14(8-12)21-4/h6-8,10-11,16H,5,9H2,1-4H3. The molecule has 1 atom stereocenters. The van der Waals surface area contributed by atoms with E-state index in [-0.39, 0.29) is 6.04 Å². The highest BCUT2D eigenvalue weighted by Crippen LogP contribution is 2.29. The number of hydrogen-bond acceptors (Lipinski definition) is 5. The molecule has 114 valence electrons. The third-order valence-corrected chi connectivity index (χ3v) is 3.47. The molecule has 0 spiro atoms. The molecular formula is C15H22N4O2. The lowest BCUT2D eigenvalue weighted by molar-refractivity contribution is 0.354. The lowest BCUT2D eigenvalue weighted by Crippen LogP contribution is -2.21. The molecule has 2 rings (SSSR count). The Labute approximate surface area is 125 Å². The fourth-order valence-electron chi connectivity index (χ4n) is 2.17. The molecule has 1 heterocycles.